The minimum Gasteiger partial charge on any atom is -0.308 e. The molecule has 8 rings (SSSR count). The molecular formula is C39H23N3O2. The van der Waals surface area contributed by atoms with Crippen molar-refractivity contribution in [1.29, 1.82) is 5.26 Å². The summed E-state index contributed by atoms with van der Waals surface area (Å²) >= 11 is 0. The molecule has 1 aromatic heterocycles. The third-order valence-electron chi connectivity index (χ3n) is 8.40. The van der Waals surface area contributed by atoms with Crippen molar-refractivity contribution in [2.75, 3.05) is 4.90 Å². The molecule has 7 aromatic rings. The van der Waals surface area contributed by atoms with E-state index in [0.717, 1.165) is 44.1 Å². The second-order valence-corrected chi connectivity index (χ2v) is 10.8. The normalized spacial score (nSPS) is 12.6. The van der Waals surface area contributed by atoms with Crippen molar-refractivity contribution in [1.82, 2.24) is 4.57 Å². The van der Waals surface area contributed by atoms with Gasteiger partial charge < -0.3 is 4.57 Å². The predicted octanol–water partition coefficient (Wildman–Crippen LogP) is 8.79. The number of aromatic nitrogens is 1. The largest absolute Gasteiger partial charge is 0.308 e. The van der Waals surface area contributed by atoms with Crippen molar-refractivity contribution < 1.29 is 9.59 Å². The third kappa shape index (κ3) is 3.72. The number of nitriles is 1. The Morgan fingerprint density at radius 2 is 1.16 bits per heavy atom. The van der Waals surface area contributed by atoms with Gasteiger partial charge in [-0.05, 0) is 59.2 Å². The van der Waals surface area contributed by atoms with Crippen LogP contribution in [0.15, 0.2) is 140 Å². The lowest BCUT2D eigenvalue weighted by atomic mass is 9.96. The molecule has 1 aliphatic heterocycles. The maximum Gasteiger partial charge on any atom is 0.268 e. The minimum absolute atomic E-state index is 0.344. The van der Waals surface area contributed by atoms with Gasteiger partial charge in [-0.15, -0.1) is 0 Å². The minimum atomic E-state index is -0.357. The number of fused-ring (bicyclic) bond motifs is 4. The molecule has 0 spiro atoms. The fourth-order valence-corrected chi connectivity index (χ4v) is 6.44. The number of carbonyl (C=O) groups is 2. The van der Waals surface area contributed by atoms with Gasteiger partial charge in [-0.1, -0.05) is 97.1 Å². The van der Waals surface area contributed by atoms with Crippen molar-refractivity contribution in [2.24, 2.45) is 0 Å². The summed E-state index contributed by atoms with van der Waals surface area (Å²) in [6, 6.07) is 46.9. The standard InChI is InChI=1S/C39H23N3O2/c40-24-27-12-4-5-13-29(27)30-15-8-18-34-36(30)31-14-6-7-17-33(31)42(34)35-19-9-16-32-37(35)39(44)41(38(32)43)28-22-20-26(21-23-28)25-10-2-1-3-11-25/h1-23H. The van der Waals surface area contributed by atoms with Crippen LogP contribution in [-0.4, -0.2) is 16.4 Å². The first-order valence-corrected chi connectivity index (χ1v) is 14.3. The van der Waals surface area contributed by atoms with Crippen LogP contribution < -0.4 is 4.90 Å². The van der Waals surface area contributed by atoms with E-state index in [1.807, 2.05) is 127 Å². The highest BCUT2D eigenvalue weighted by Crippen LogP contribution is 2.41. The molecule has 0 unspecified atom stereocenters. The van der Waals surface area contributed by atoms with Crippen molar-refractivity contribution >= 4 is 39.3 Å². The molecule has 5 heteroatoms. The van der Waals surface area contributed by atoms with E-state index >= 15 is 0 Å². The number of hydrogen-bond acceptors (Lipinski definition) is 3. The first-order chi connectivity index (χ1) is 21.7. The number of amides is 2. The van der Waals surface area contributed by atoms with E-state index in [1.165, 1.54) is 4.90 Å². The van der Waals surface area contributed by atoms with E-state index in [2.05, 4.69) is 16.7 Å². The summed E-state index contributed by atoms with van der Waals surface area (Å²) in [5.41, 5.74) is 8.14. The SMILES string of the molecule is N#Cc1ccccc1-c1cccc2c1c1ccccc1n2-c1cccc2c1C(=O)N(c1ccc(-c3ccccc3)cc1)C2=O. The summed E-state index contributed by atoms with van der Waals surface area (Å²) in [4.78, 5) is 29.2. The summed E-state index contributed by atoms with van der Waals surface area (Å²) in [6.45, 7) is 0. The molecular weight excluding hydrogens is 542 g/mol. The van der Waals surface area contributed by atoms with Gasteiger partial charge >= 0.3 is 0 Å². The Hall–Kier alpha value is -6.25. The number of benzene rings is 6. The second-order valence-electron chi connectivity index (χ2n) is 10.8. The van der Waals surface area contributed by atoms with E-state index in [0.29, 0.717) is 28.1 Å². The summed E-state index contributed by atoms with van der Waals surface area (Å²) in [5, 5.41) is 11.8. The molecule has 206 valence electrons. The van der Waals surface area contributed by atoms with Crippen molar-refractivity contribution in [3.8, 4) is 34.0 Å². The lowest BCUT2D eigenvalue weighted by Gasteiger charge is -2.15. The van der Waals surface area contributed by atoms with Crippen LogP contribution in [0.25, 0.3) is 49.7 Å². The molecule has 0 fully saturated rings. The zero-order valence-corrected chi connectivity index (χ0v) is 23.4. The van der Waals surface area contributed by atoms with Gasteiger partial charge in [0.05, 0.1) is 45.2 Å². The van der Waals surface area contributed by atoms with Gasteiger partial charge in [0.1, 0.15) is 0 Å². The molecule has 0 atom stereocenters. The average molecular weight is 566 g/mol. The highest BCUT2D eigenvalue weighted by molar-refractivity contribution is 6.36. The Bertz CT molecular complexity index is 2330. The molecule has 44 heavy (non-hydrogen) atoms. The van der Waals surface area contributed by atoms with Crippen LogP contribution in [0.3, 0.4) is 0 Å². The van der Waals surface area contributed by atoms with Crippen LogP contribution in [0, 0.1) is 11.3 Å². The number of hydrogen-bond donors (Lipinski definition) is 0. The first kappa shape index (κ1) is 25.5. The number of para-hydroxylation sites is 1. The molecule has 0 N–H and O–H groups in total. The predicted molar refractivity (Wildman–Crippen MR) is 174 cm³/mol. The molecule has 0 saturated carbocycles. The van der Waals surface area contributed by atoms with Gasteiger partial charge in [0.15, 0.2) is 0 Å². The number of carbonyl (C=O) groups excluding carboxylic acids is 2. The maximum atomic E-state index is 14.2. The molecule has 5 nitrogen and oxygen atoms in total. The number of anilines is 1. The third-order valence-corrected chi connectivity index (χ3v) is 8.40. The van der Waals surface area contributed by atoms with Crippen LogP contribution >= 0.6 is 0 Å². The van der Waals surface area contributed by atoms with Crippen LogP contribution in [0.5, 0.6) is 0 Å². The van der Waals surface area contributed by atoms with Crippen molar-refractivity contribution in [3.05, 3.63) is 156 Å². The van der Waals surface area contributed by atoms with Gasteiger partial charge in [-0.2, -0.15) is 5.26 Å². The lowest BCUT2D eigenvalue weighted by molar-refractivity contribution is 0.0926. The molecule has 6 aromatic carbocycles. The lowest BCUT2D eigenvalue weighted by Crippen LogP contribution is -2.29. The van der Waals surface area contributed by atoms with Gasteiger partial charge in [-0.25, -0.2) is 4.90 Å². The number of nitrogens with zero attached hydrogens (tertiary/aromatic N) is 3. The monoisotopic (exact) mass is 565 g/mol. The fourth-order valence-electron chi connectivity index (χ4n) is 6.44. The Balaban J connectivity index is 1.31. The molecule has 0 saturated heterocycles. The summed E-state index contributed by atoms with van der Waals surface area (Å²) in [5.74, 6) is -0.700. The Labute approximate surface area is 253 Å². The van der Waals surface area contributed by atoms with Gasteiger partial charge in [-0.3, -0.25) is 9.59 Å². The molecule has 2 heterocycles. The van der Waals surface area contributed by atoms with E-state index < -0.39 is 0 Å². The first-order valence-electron chi connectivity index (χ1n) is 14.3. The molecule has 1 aliphatic rings. The van der Waals surface area contributed by atoms with Crippen molar-refractivity contribution in [2.45, 2.75) is 0 Å². The molecule has 0 bridgehead atoms. The second kappa shape index (κ2) is 9.94. The van der Waals surface area contributed by atoms with E-state index in [1.54, 1.807) is 6.07 Å². The fraction of sp³-hybridized carbons (Fsp3) is 0. The average Bonchev–Trinajstić information content (AvgIpc) is 3.56. The zero-order chi connectivity index (χ0) is 29.8. The van der Waals surface area contributed by atoms with E-state index in [-0.39, 0.29) is 11.8 Å². The Morgan fingerprint density at radius 3 is 1.98 bits per heavy atom. The molecule has 0 radical (unpaired) electrons. The Kier molecular flexibility index (Phi) is 5.75. The van der Waals surface area contributed by atoms with Gasteiger partial charge in [0.2, 0.25) is 0 Å². The van der Waals surface area contributed by atoms with Crippen LogP contribution in [-0.2, 0) is 0 Å². The Morgan fingerprint density at radius 1 is 0.523 bits per heavy atom. The topological polar surface area (TPSA) is 66.1 Å². The van der Waals surface area contributed by atoms with Crippen LogP contribution in [0.2, 0.25) is 0 Å². The van der Waals surface area contributed by atoms with E-state index in [4.69, 9.17) is 0 Å². The van der Waals surface area contributed by atoms with Crippen LogP contribution in [0.1, 0.15) is 26.3 Å². The van der Waals surface area contributed by atoms with Crippen LogP contribution in [0.4, 0.5) is 5.69 Å². The summed E-state index contributed by atoms with van der Waals surface area (Å²) < 4.78 is 2.06. The maximum absolute atomic E-state index is 14.2. The highest BCUT2D eigenvalue weighted by atomic mass is 16.2. The molecule has 0 aliphatic carbocycles. The smallest absolute Gasteiger partial charge is 0.268 e. The number of rotatable bonds is 4. The number of imide groups is 1. The summed E-state index contributed by atoms with van der Waals surface area (Å²) in [6.07, 6.45) is 0. The zero-order valence-electron chi connectivity index (χ0n) is 23.4. The van der Waals surface area contributed by atoms with Gasteiger partial charge in [0, 0.05) is 16.3 Å². The van der Waals surface area contributed by atoms with Crippen molar-refractivity contribution in [3.63, 3.8) is 0 Å². The van der Waals surface area contributed by atoms with Gasteiger partial charge in [0.25, 0.3) is 11.8 Å². The molecule has 2 amide bonds. The summed E-state index contributed by atoms with van der Waals surface area (Å²) in [7, 11) is 0. The highest BCUT2D eigenvalue weighted by Gasteiger charge is 2.39. The quantitative estimate of drug-likeness (QED) is 0.200. The van der Waals surface area contributed by atoms with E-state index in [9.17, 15) is 14.9 Å².